The number of rotatable bonds is 9. The van der Waals surface area contributed by atoms with Gasteiger partial charge in [0.1, 0.15) is 10.8 Å². The van der Waals surface area contributed by atoms with Crippen molar-refractivity contribution in [1.29, 1.82) is 0 Å². The minimum Gasteiger partial charge on any atom is -0.497 e. The lowest BCUT2D eigenvalue weighted by Crippen LogP contribution is -2.30. The minimum atomic E-state index is -0.615. The smallest absolute Gasteiger partial charge is 0.358 e. The summed E-state index contributed by atoms with van der Waals surface area (Å²) < 4.78 is 10.2. The number of nitrogens with one attached hydrogen (secondary N) is 1. The first-order chi connectivity index (χ1) is 15.0. The molecule has 0 saturated carbocycles. The quantitative estimate of drug-likeness (QED) is 0.499. The highest BCUT2D eigenvalue weighted by Gasteiger charge is 2.15. The van der Waals surface area contributed by atoms with E-state index in [2.05, 4.69) is 48.4 Å². The van der Waals surface area contributed by atoms with Crippen LogP contribution < -0.4 is 10.1 Å². The second-order valence-electron chi connectivity index (χ2n) is 7.34. The molecule has 1 amide bonds. The van der Waals surface area contributed by atoms with Crippen molar-refractivity contribution >= 4 is 23.2 Å². The molecule has 0 aliphatic carbocycles. The summed E-state index contributed by atoms with van der Waals surface area (Å²) in [5.74, 6) is 0.292. The van der Waals surface area contributed by atoms with Crippen molar-refractivity contribution in [2.24, 2.45) is 0 Å². The van der Waals surface area contributed by atoms with Crippen LogP contribution in [0, 0.1) is 0 Å². The molecule has 6 nitrogen and oxygen atoms in total. The molecular formula is C24H26N2O4S. The highest BCUT2D eigenvalue weighted by molar-refractivity contribution is 7.13. The van der Waals surface area contributed by atoms with Gasteiger partial charge in [0.05, 0.1) is 7.11 Å². The molecule has 3 aromatic rings. The number of esters is 1. The average molecular weight is 439 g/mol. The van der Waals surface area contributed by atoms with Crippen LogP contribution >= 0.6 is 11.3 Å². The number of hydrogen-bond donors (Lipinski definition) is 1. The summed E-state index contributed by atoms with van der Waals surface area (Å²) in [6.45, 7) is 4.46. The molecule has 0 unspecified atom stereocenters. The zero-order valence-electron chi connectivity index (χ0n) is 17.9. The molecule has 162 valence electrons. The molecule has 1 aromatic heterocycles. The second-order valence-corrected chi connectivity index (χ2v) is 8.20. The molecule has 1 N–H and O–H groups in total. The summed E-state index contributed by atoms with van der Waals surface area (Å²) >= 11 is 1.34. The summed E-state index contributed by atoms with van der Waals surface area (Å²) in [7, 11) is 1.60. The van der Waals surface area contributed by atoms with Gasteiger partial charge in [-0.1, -0.05) is 38.1 Å². The fraction of sp³-hybridized carbons (Fsp3) is 0.292. The molecular weight excluding hydrogens is 412 g/mol. The molecule has 0 bridgehead atoms. The number of thiazole rings is 1. The van der Waals surface area contributed by atoms with Gasteiger partial charge in [-0.05, 0) is 47.7 Å². The first-order valence-corrected chi connectivity index (χ1v) is 11.0. The largest absolute Gasteiger partial charge is 0.497 e. The Morgan fingerprint density at radius 2 is 1.77 bits per heavy atom. The maximum absolute atomic E-state index is 12.2. The highest BCUT2D eigenvalue weighted by Crippen LogP contribution is 2.26. The predicted octanol–water partition coefficient (Wildman–Crippen LogP) is 4.46. The Kier molecular flexibility index (Phi) is 7.78. The van der Waals surface area contributed by atoms with Crippen LogP contribution in [0.4, 0.5) is 0 Å². The average Bonchev–Trinajstić information content (AvgIpc) is 3.28. The molecule has 1 heterocycles. The molecule has 31 heavy (non-hydrogen) atoms. The molecule has 3 rings (SSSR count). The molecule has 2 aromatic carbocycles. The lowest BCUT2D eigenvalue weighted by molar-refractivity contribution is -0.124. The van der Waals surface area contributed by atoms with E-state index in [4.69, 9.17) is 9.47 Å². The minimum absolute atomic E-state index is 0.189. The van der Waals surface area contributed by atoms with Gasteiger partial charge in [0.15, 0.2) is 12.3 Å². The van der Waals surface area contributed by atoms with Gasteiger partial charge in [0.2, 0.25) is 0 Å². The van der Waals surface area contributed by atoms with E-state index in [1.54, 1.807) is 12.5 Å². The van der Waals surface area contributed by atoms with Crippen LogP contribution in [0.5, 0.6) is 5.75 Å². The second kappa shape index (κ2) is 10.7. The van der Waals surface area contributed by atoms with E-state index < -0.39 is 5.97 Å². The third kappa shape index (κ3) is 6.39. The van der Waals surface area contributed by atoms with Crippen LogP contribution in [0.25, 0.3) is 10.6 Å². The number of ether oxygens (including phenoxy) is 2. The van der Waals surface area contributed by atoms with E-state index in [1.807, 2.05) is 24.3 Å². The Balaban J connectivity index is 1.42. The maximum atomic E-state index is 12.2. The first kappa shape index (κ1) is 22.5. The predicted molar refractivity (Wildman–Crippen MR) is 122 cm³/mol. The maximum Gasteiger partial charge on any atom is 0.358 e. The van der Waals surface area contributed by atoms with E-state index in [0.29, 0.717) is 17.5 Å². The van der Waals surface area contributed by atoms with Gasteiger partial charge < -0.3 is 14.8 Å². The number of carbonyl (C=O) groups excluding carboxylic acids is 2. The van der Waals surface area contributed by atoms with Crippen molar-refractivity contribution in [1.82, 2.24) is 10.3 Å². The van der Waals surface area contributed by atoms with Gasteiger partial charge in [0.25, 0.3) is 5.91 Å². The first-order valence-electron chi connectivity index (χ1n) is 10.1. The van der Waals surface area contributed by atoms with Gasteiger partial charge in [0, 0.05) is 17.5 Å². The van der Waals surface area contributed by atoms with Crippen LogP contribution in [0.15, 0.2) is 53.9 Å². The lowest BCUT2D eigenvalue weighted by atomic mass is 10.0. The molecule has 0 spiro atoms. The van der Waals surface area contributed by atoms with Gasteiger partial charge in [-0.25, -0.2) is 9.78 Å². The Bertz CT molecular complexity index is 1010. The van der Waals surface area contributed by atoms with Gasteiger partial charge >= 0.3 is 5.97 Å². The van der Waals surface area contributed by atoms with E-state index >= 15 is 0 Å². The summed E-state index contributed by atoms with van der Waals surface area (Å²) in [6.07, 6.45) is 0.718. The van der Waals surface area contributed by atoms with Crippen LogP contribution in [-0.2, 0) is 16.0 Å². The SMILES string of the molecule is COc1ccc(-c2nc(C(=O)OCC(=O)NCCc3ccc(C(C)C)cc3)cs2)cc1. The van der Waals surface area contributed by atoms with Crippen LogP contribution in [-0.4, -0.2) is 37.1 Å². The number of hydrogen-bond acceptors (Lipinski definition) is 6. The van der Waals surface area contributed by atoms with E-state index in [9.17, 15) is 9.59 Å². The molecule has 7 heteroatoms. The highest BCUT2D eigenvalue weighted by atomic mass is 32.1. The number of benzene rings is 2. The lowest BCUT2D eigenvalue weighted by Gasteiger charge is -2.08. The van der Waals surface area contributed by atoms with E-state index in [1.165, 1.54) is 16.9 Å². The Morgan fingerprint density at radius 1 is 1.06 bits per heavy atom. The topological polar surface area (TPSA) is 77.5 Å². The number of aromatic nitrogens is 1. The van der Waals surface area contributed by atoms with Crippen LogP contribution in [0.1, 0.15) is 41.4 Å². The van der Waals surface area contributed by atoms with Crippen LogP contribution in [0.3, 0.4) is 0 Å². The van der Waals surface area contributed by atoms with Gasteiger partial charge in [-0.15, -0.1) is 11.3 Å². The van der Waals surface area contributed by atoms with E-state index in [-0.39, 0.29) is 18.2 Å². The van der Waals surface area contributed by atoms with Crippen molar-refractivity contribution in [2.75, 3.05) is 20.3 Å². The number of amides is 1. The zero-order valence-corrected chi connectivity index (χ0v) is 18.7. The van der Waals surface area contributed by atoms with Crippen molar-refractivity contribution in [3.63, 3.8) is 0 Å². The number of nitrogens with zero attached hydrogens (tertiary/aromatic N) is 1. The van der Waals surface area contributed by atoms with Gasteiger partial charge in [-0.2, -0.15) is 0 Å². The molecule has 0 radical (unpaired) electrons. The fourth-order valence-corrected chi connectivity index (χ4v) is 3.70. The Hall–Kier alpha value is -3.19. The molecule has 0 aliphatic heterocycles. The van der Waals surface area contributed by atoms with Gasteiger partial charge in [-0.3, -0.25) is 4.79 Å². The number of carbonyl (C=O) groups is 2. The summed E-state index contributed by atoms with van der Waals surface area (Å²) in [5, 5.41) is 5.09. The van der Waals surface area contributed by atoms with Crippen molar-refractivity contribution < 1.29 is 19.1 Å². The number of methoxy groups -OCH3 is 1. The third-order valence-electron chi connectivity index (χ3n) is 4.77. The summed E-state index contributed by atoms with van der Waals surface area (Å²) in [5.41, 5.74) is 3.50. The normalized spacial score (nSPS) is 10.7. The summed E-state index contributed by atoms with van der Waals surface area (Å²) in [6, 6.07) is 15.8. The zero-order chi connectivity index (χ0) is 22.2. The monoisotopic (exact) mass is 438 g/mol. The molecule has 0 atom stereocenters. The van der Waals surface area contributed by atoms with Crippen LogP contribution in [0.2, 0.25) is 0 Å². The Morgan fingerprint density at radius 3 is 2.42 bits per heavy atom. The standard InChI is InChI=1S/C24H26N2O4S/c1-16(2)18-6-4-17(5-7-18)12-13-25-22(27)14-30-24(28)21-15-31-23(26-21)19-8-10-20(29-3)11-9-19/h4-11,15-16H,12-14H2,1-3H3,(H,25,27). The molecule has 0 aliphatic rings. The Labute approximate surface area is 186 Å². The molecule has 0 saturated heterocycles. The summed E-state index contributed by atoms with van der Waals surface area (Å²) in [4.78, 5) is 28.5. The van der Waals surface area contributed by atoms with Crippen molar-refractivity contribution in [2.45, 2.75) is 26.2 Å². The molecule has 0 fully saturated rings. The third-order valence-corrected chi connectivity index (χ3v) is 5.66. The van der Waals surface area contributed by atoms with Crippen molar-refractivity contribution in [3.8, 4) is 16.3 Å². The van der Waals surface area contributed by atoms with E-state index in [0.717, 1.165) is 23.3 Å². The van der Waals surface area contributed by atoms with Crippen molar-refractivity contribution in [3.05, 3.63) is 70.7 Å². The fourth-order valence-electron chi connectivity index (χ4n) is 2.91.